The van der Waals surface area contributed by atoms with Gasteiger partial charge in [0, 0.05) is 34.2 Å². The molecule has 4 heteroatoms. The smallest absolute Gasteiger partial charge is 0.0737 e. The Morgan fingerprint density at radius 3 is 0.800 bits per heavy atom. The average molecular weight is 567 g/mol. The third-order valence-electron chi connectivity index (χ3n) is 7.90. The van der Waals surface area contributed by atoms with Gasteiger partial charge in [0.25, 0.3) is 0 Å². The standard InChI is InChI=1S/2C18H37NO/c2*1-16(2,3)19(17(4,5)6)14-12-10-11-13-15(14)20-18(7,8)9/h2*14-15H,10-13H2,1-9H3/t14-,15+;14-,15-/m01/s1. The molecule has 0 aromatic heterocycles. The van der Waals surface area contributed by atoms with Crippen molar-refractivity contribution in [1.29, 1.82) is 0 Å². The Kier molecular flexibility index (Phi) is 12.9. The molecule has 0 aromatic rings. The van der Waals surface area contributed by atoms with Crippen molar-refractivity contribution in [3.05, 3.63) is 0 Å². The molecule has 0 heterocycles. The molecule has 0 saturated heterocycles. The molecule has 0 aromatic carbocycles. The maximum atomic E-state index is 6.42. The van der Waals surface area contributed by atoms with Crippen LogP contribution in [0.2, 0.25) is 0 Å². The predicted molar refractivity (Wildman–Crippen MR) is 176 cm³/mol. The van der Waals surface area contributed by atoms with Crippen LogP contribution in [-0.4, -0.2) is 67.4 Å². The lowest BCUT2D eigenvalue weighted by atomic mass is 9.84. The van der Waals surface area contributed by atoms with Gasteiger partial charge in [0.2, 0.25) is 0 Å². The van der Waals surface area contributed by atoms with Crippen molar-refractivity contribution in [3.63, 3.8) is 0 Å². The van der Waals surface area contributed by atoms with Crippen molar-refractivity contribution < 1.29 is 9.47 Å². The maximum absolute atomic E-state index is 6.42. The van der Waals surface area contributed by atoms with Crippen LogP contribution in [0.1, 0.15) is 176 Å². The normalized spacial score (nSPS) is 26.1. The highest BCUT2D eigenvalue weighted by Gasteiger charge is 2.44. The van der Waals surface area contributed by atoms with E-state index in [2.05, 4.69) is 134 Å². The SMILES string of the molecule is CC(C)(C)O[C@@H]1CCCC[C@@H]1N(C(C)(C)C)C(C)(C)C.CC(C)(C)O[C@@H]1CCCC[C@H]1N(C(C)(C)C)C(C)(C)C. The molecule has 0 radical (unpaired) electrons. The van der Waals surface area contributed by atoms with Gasteiger partial charge in [0.15, 0.2) is 0 Å². The monoisotopic (exact) mass is 567 g/mol. The van der Waals surface area contributed by atoms with Gasteiger partial charge in [0.1, 0.15) is 0 Å². The molecule has 2 aliphatic rings. The van der Waals surface area contributed by atoms with Gasteiger partial charge in [-0.05, 0) is 150 Å². The number of rotatable bonds is 4. The first kappa shape index (κ1) is 37.9. The molecule has 40 heavy (non-hydrogen) atoms. The van der Waals surface area contributed by atoms with E-state index in [1.807, 2.05) is 0 Å². The predicted octanol–water partition coefficient (Wildman–Crippen LogP) is 10.0. The summed E-state index contributed by atoms with van der Waals surface area (Å²) >= 11 is 0. The Hall–Kier alpha value is -0.160. The molecule has 0 spiro atoms. The zero-order valence-electron chi connectivity index (χ0n) is 30.7. The second-order valence-electron chi connectivity index (χ2n) is 18.7. The highest BCUT2D eigenvalue weighted by atomic mass is 16.5. The minimum Gasteiger partial charge on any atom is -0.371 e. The number of nitrogens with zero attached hydrogens (tertiary/aromatic N) is 2. The first-order valence-corrected chi connectivity index (χ1v) is 16.6. The number of hydrogen-bond acceptors (Lipinski definition) is 4. The molecule has 4 nitrogen and oxygen atoms in total. The van der Waals surface area contributed by atoms with Crippen LogP contribution < -0.4 is 0 Å². The van der Waals surface area contributed by atoms with Gasteiger partial charge in [-0.15, -0.1) is 0 Å². The van der Waals surface area contributed by atoms with Gasteiger partial charge in [0.05, 0.1) is 23.4 Å². The quantitative estimate of drug-likeness (QED) is 0.338. The Morgan fingerprint density at radius 1 is 0.375 bits per heavy atom. The summed E-state index contributed by atoms with van der Waals surface area (Å²) < 4.78 is 12.8. The lowest BCUT2D eigenvalue weighted by Gasteiger charge is -2.54. The van der Waals surface area contributed by atoms with E-state index in [0.29, 0.717) is 24.3 Å². The van der Waals surface area contributed by atoms with E-state index in [1.165, 1.54) is 51.4 Å². The first-order chi connectivity index (χ1) is 17.6. The molecule has 2 fully saturated rings. The summed E-state index contributed by atoms with van der Waals surface area (Å²) in [5.74, 6) is 0. The van der Waals surface area contributed by atoms with Gasteiger partial charge in [-0.2, -0.15) is 0 Å². The third-order valence-corrected chi connectivity index (χ3v) is 7.90. The highest BCUT2D eigenvalue weighted by molar-refractivity contribution is 4.98. The molecular formula is C36H74N2O2. The molecule has 2 rings (SSSR count). The van der Waals surface area contributed by atoms with E-state index in [1.54, 1.807) is 0 Å². The van der Waals surface area contributed by atoms with Gasteiger partial charge in [-0.25, -0.2) is 0 Å². The second kappa shape index (κ2) is 13.6. The Bertz CT molecular complexity index is 642. The van der Waals surface area contributed by atoms with E-state index >= 15 is 0 Å². The summed E-state index contributed by atoms with van der Waals surface area (Å²) in [6.07, 6.45) is 10.9. The van der Waals surface area contributed by atoms with Crippen LogP contribution >= 0.6 is 0 Å². The van der Waals surface area contributed by atoms with Crippen molar-refractivity contribution >= 4 is 0 Å². The first-order valence-electron chi connectivity index (χ1n) is 16.6. The topological polar surface area (TPSA) is 24.9 Å². The van der Waals surface area contributed by atoms with Crippen LogP contribution in [0.25, 0.3) is 0 Å². The Balaban J connectivity index is 0.000000400. The molecule has 0 amide bonds. The van der Waals surface area contributed by atoms with Crippen molar-refractivity contribution in [2.45, 2.75) is 234 Å². The molecule has 0 aliphatic heterocycles. The van der Waals surface area contributed by atoms with Crippen molar-refractivity contribution in [2.75, 3.05) is 0 Å². The molecule has 2 saturated carbocycles. The average Bonchev–Trinajstić information content (AvgIpc) is 2.65. The molecule has 4 atom stereocenters. The second-order valence-corrected chi connectivity index (χ2v) is 18.7. The lowest BCUT2D eigenvalue weighted by Crippen LogP contribution is -2.62. The molecule has 2 aliphatic carbocycles. The zero-order chi connectivity index (χ0) is 31.5. The van der Waals surface area contributed by atoms with Crippen molar-refractivity contribution in [3.8, 4) is 0 Å². The van der Waals surface area contributed by atoms with Crippen LogP contribution in [0.3, 0.4) is 0 Å². The van der Waals surface area contributed by atoms with E-state index < -0.39 is 0 Å². The Morgan fingerprint density at radius 2 is 0.600 bits per heavy atom. The molecule has 0 unspecified atom stereocenters. The molecule has 0 N–H and O–H groups in total. The fraction of sp³-hybridized carbons (Fsp3) is 1.00. The van der Waals surface area contributed by atoms with E-state index in [0.717, 1.165) is 0 Å². The van der Waals surface area contributed by atoms with Crippen LogP contribution in [0.15, 0.2) is 0 Å². The number of hydrogen-bond donors (Lipinski definition) is 0. The maximum Gasteiger partial charge on any atom is 0.0737 e. The highest BCUT2D eigenvalue weighted by Crippen LogP contribution is 2.38. The Labute approximate surface area is 252 Å². The lowest BCUT2D eigenvalue weighted by molar-refractivity contribution is -0.141. The fourth-order valence-electron chi connectivity index (χ4n) is 7.93. The largest absolute Gasteiger partial charge is 0.371 e. The van der Waals surface area contributed by atoms with Crippen molar-refractivity contribution in [2.24, 2.45) is 0 Å². The molecule has 0 bridgehead atoms. The minimum atomic E-state index is -0.0539. The summed E-state index contributed by atoms with van der Waals surface area (Å²) in [4.78, 5) is 5.38. The summed E-state index contributed by atoms with van der Waals surface area (Å²) in [6.45, 7) is 41.1. The number of ether oxygens (including phenoxy) is 2. The fourth-order valence-corrected chi connectivity index (χ4v) is 7.93. The van der Waals surface area contributed by atoms with Crippen LogP contribution in [0, 0.1) is 0 Å². The van der Waals surface area contributed by atoms with E-state index in [-0.39, 0.29) is 33.4 Å². The van der Waals surface area contributed by atoms with E-state index in [9.17, 15) is 0 Å². The van der Waals surface area contributed by atoms with Crippen molar-refractivity contribution in [1.82, 2.24) is 9.80 Å². The van der Waals surface area contributed by atoms with Gasteiger partial charge in [-0.1, -0.05) is 25.7 Å². The van der Waals surface area contributed by atoms with Crippen LogP contribution in [-0.2, 0) is 9.47 Å². The summed E-state index contributed by atoms with van der Waals surface area (Å²) in [7, 11) is 0. The summed E-state index contributed by atoms with van der Waals surface area (Å²) in [5.41, 5.74) is 0.558. The molecule has 240 valence electrons. The summed E-state index contributed by atoms with van der Waals surface area (Å²) in [5, 5.41) is 0. The van der Waals surface area contributed by atoms with Gasteiger partial charge >= 0.3 is 0 Å². The zero-order valence-corrected chi connectivity index (χ0v) is 30.7. The molecular weight excluding hydrogens is 492 g/mol. The summed E-state index contributed by atoms with van der Waals surface area (Å²) in [6, 6.07) is 1.06. The van der Waals surface area contributed by atoms with Crippen LogP contribution in [0.4, 0.5) is 0 Å². The van der Waals surface area contributed by atoms with Crippen LogP contribution in [0.5, 0.6) is 0 Å². The minimum absolute atomic E-state index is 0.0539. The van der Waals surface area contributed by atoms with Gasteiger partial charge in [-0.3, -0.25) is 9.80 Å². The van der Waals surface area contributed by atoms with Gasteiger partial charge < -0.3 is 9.47 Å². The third kappa shape index (κ3) is 12.6. The van der Waals surface area contributed by atoms with E-state index in [4.69, 9.17) is 9.47 Å².